The lowest BCUT2D eigenvalue weighted by Gasteiger charge is -2.18. The highest BCUT2D eigenvalue weighted by Crippen LogP contribution is 2.24. The molecule has 1 aromatic heterocycles. The molecule has 1 aromatic carbocycles. The zero-order valence-corrected chi connectivity index (χ0v) is 14.6. The number of rotatable bonds is 5. The summed E-state index contributed by atoms with van der Waals surface area (Å²) in [7, 11) is 1.58. The van der Waals surface area contributed by atoms with Gasteiger partial charge in [0.15, 0.2) is 0 Å². The zero-order valence-electron chi connectivity index (χ0n) is 14.6. The Morgan fingerprint density at radius 2 is 1.88 bits per heavy atom. The number of amides is 1. The topological polar surface area (TPSA) is 63.2 Å². The quantitative estimate of drug-likeness (QED) is 0.789. The average Bonchev–Trinajstić information content (AvgIpc) is 2.91. The molecule has 1 heterocycles. The van der Waals surface area contributed by atoms with Crippen molar-refractivity contribution in [3.8, 4) is 5.75 Å². The van der Waals surface area contributed by atoms with E-state index in [0.29, 0.717) is 23.2 Å². The van der Waals surface area contributed by atoms with E-state index in [4.69, 9.17) is 4.74 Å². The molecule has 0 unspecified atom stereocenters. The fraction of sp³-hybridized carbons (Fsp3) is 0.400. The van der Waals surface area contributed by atoms with E-state index >= 15 is 0 Å². The van der Waals surface area contributed by atoms with Gasteiger partial charge in [0.2, 0.25) is 0 Å². The fourth-order valence-corrected chi connectivity index (χ4v) is 3.24. The summed E-state index contributed by atoms with van der Waals surface area (Å²) in [6.45, 7) is 0. The van der Waals surface area contributed by atoms with Crippen LogP contribution in [0.15, 0.2) is 42.6 Å². The van der Waals surface area contributed by atoms with Gasteiger partial charge in [0.1, 0.15) is 11.4 Å². The first kappa shape index (κ1) is 17.3. The van der Waals surface area contributed by atoms with Crippen LogP contribution >= 0.6 is 0 Å². The number of anilines is 2. The third-order valence-electron chi connectivity index (χ3n) is 4.57. The Kier molecular flexibility index (Phi) is 5.88. The number of benzene rings is 1. The number of carbonyl (C=O) groups excluding carboxylic acids is 1. The Morgan fingerprint density at radius 1 is 1.12 bits per heavy atom. The van der Waals surface area contributed by atoms with Crippen molar-refractivity contribution < 1.29 is 9.53 Å². The number of pyridine rings is 1. The van der Waals surface area contributed by atoms with Crippen molar-refractivity contribution in [2.24, 2.45) is 0 Å². The summed E-state index contributed by atoms with van der Waals surface area (Å²) in [5.74, 6) is 0.387. The molecule has 5 heteroatoms. The second kappa shape index (κ2) is 8.51. The van der Waals surface area contributed by atoms with Crippen LogP contribution in [0.1, 0.15) is 49.0 Å². The first-order chi connectivity index (χ1) is 12.3. The van der Waals surface area contributed by atoms with Crippen molar-refractivity contribution in [3.63, 3.8) is 0 Å². The second-order valence-electron chi connectivity index (χ2n) is 6.42. The molecule has 1 aliphatic carbocycles. The van der Waals surface area contributed by atoms with E-state index in [1.165, 1.54) is 38.5 Å². The van der Waals surface area contributed by atoms with E-state index < -0.39 is 0 Å². The van der Waals surface area contributed by atoms with E-state index in [2.05, 4.69) is 15.6 Å². The second-order valence-corrected chi connectivity index (χ2v) is 6.42. The van der Waals surface area contributed by atoms with E-state index in [-0.39, 0.29) is 5.91 Å². The van der Waals surface area contributed by atoms with Crippen molar-refractivity contribution in [1.29, 1.82) is 0 Å². The Morgan fingerprint density at radius 3 is 2.64 bits per heavy atom. The Balaban J connectivity index is 1.68. The molecule has 0 bridgehead atoms. The number of hydrogen-bond donors (Lipinski definition) is 2. The van der Waals surface area contributed by atoms with Crippen molar-refractivity contribution >= 4 is 17.3 Å². The predicted molar refractivity (Wildman–Crippen MR) is 100 cm³/mol. The van der Waals surface area contributed by atoms with E-state index in [1.54, 1.807) is 13.3 Å². The van der Waals surface area contributed by atoms with Gasteiger partial charge in [-0.25, -0.2) is 0 Å². The largest absolute Gasteiger partial charge is 0.495 e. The van der Waals surface area contributed by atoms with Gasteiger partial charge in [-0.05, 0) is 37.1 Å². The summed E-state index contributed by atoms with van der Waals surface area (Å²) in [5, 5.41) is 6.42. The van der Waals surface area contributed by atoms with Crippen LogP contribution in [0.4, 0.5) is 11.4 Å². The molecule has 2 aromatic rings. The number of nitrogens with one attached hydrogen (secondary N) is 2. The van der Waals surface area contributed by atoms with Crippen molar-refractivity contribution in [2.75, 3.05) is 17.7 Å². The van der Waals surface area contributed by atoms with Crippen LogP contribution in [-0.4, -0.2) is 24.0 Å². The van der Waals surface area contributed by atoms with Crippen LogP contribution in [0, 0.1) is 0 Å². The molecule has 132 valence electrons. The Bertz CT molecular complexity index is 710. The standard InChI is InChI=1S/C20H25N3O2/c1-25-19-11-7-6-10-17(19)23-20(24)18-14-16(12-13-21-18)22-15-8-4-2-3-5-9-15/h6-7,10-15H,2-5,8-9H2,1H3,(H,21,22)(H,23,24). The van der Waals surface area contributed by atoms with Crippen molar-refractivity contribution in [3.05, 3.63) is 48.3 Å². The summed E-state index contributed by atoms with van der Waals surface area (Å²) >= 11 is 0. The lowest BCUT2D eigenvalue weighted by atomic mass is 10.1. The molecular formula is C20H25N3O2. The van der Waals surface area contributed by atoms with Crippen molar-refractivity contribution in [2.45, 2.75) is 44.6 Å². The first-order valence-electron chi connectivity index (χ1n) is 8.93. The highest BCUT2D eigenvalue weighted by Gasteiger charge is 2.14. The zero-order chi connectivity index (χ0) is 17.5. The molecule has 25 heavy (non-hydrogen) atoms. The molecule has 2 N–H and O–H groups in total. The minimum Gasteiger partial charge on any atom is -0.495 e. The molecule has 1 aliphatic rings. The monoisotopic (exact) mass is 339 g/mol. The summed E-state index contributed by atoms with van der Waals surface area (Å²) < 4.78 is 5.27. The summed E-state index contributed by atoms with van der Waals surface area (Å²) in [5.41, 5.74) is 1.98. The molecule has 0 aliphatic heterocycles. The van der Waals surface area contributed by atoms with Crippen LogP contribution in [-0.2, 0) is 0 Å². The number of para-hydroxylation sites is 2. The summed E-state index contributed by atoms with van der Waals surface area (Å²) in [6, 6.07) is 11.6. The third-order valence-corrected chi connectivity index (χ3v) is 4.57. The van der Waals surface area contributed by atoms with Gasteiger partial charge in [0.05, 0.1) is 12.8 Å². The van der Waals surface area contributed by atoms with Gasteiger partial charge in [0.25, 0.3) is 5.91 Å². The fourth-order valence-electron chi connectivity index (χ4n) is 3.24. The van der Waals surface area contributed by atoms with E-state index in [1.807, 2.05) is 36.4 Å². The first-order valence-corrected chi connectivity index (χ1v) is 8.93. The molecule has 0 radical (unpaired) electrons. The highest BCUT2D eigenvalue weighted by molar-refractivity contribution is 6.04. The van der Waals surface area contributed by atoms with Crippen LogP contribution < -0.4 is 15.4 Å². The number of nitrogens with zero attached hydrogens (tertiary/aromatic N) is 1. The maximum Gasteiger partial charge on any atom is 0.274 e. The van der Waals surface area contributed by atoms with Gasteiger partial charge in [-0.3, -0.25) is 9.78 Å². The van der Waals surface area contributed by atoms with Crippen LogP contribution in [0.5, 0.6) is 5.75 Å². The molecule has 0 spiro atoms. The molecule has 0 saturated heterocycles. The average molecular weight is 339 g/mol. The lowest BCUT2D eigenvalue weighted by Crippen LogP contribution is -2.19. The predicted octanol–water partition coefficient (Wildman–Crippen LogP) is 4.48. The van der Waals surface area contributed by atoms with Crippen molar-refractivity contribution in [1.82, 2.24) is 4.98 Å². The third kappa shape index (κ3) is 4.72. The number of methoxy groups -OCH3 is 1. The minimum atomic E-state index is -0.242. The Labute approximate surface area is 148 Å². The van der Waals surface area contributed by atoms with Gasteiger partial charge >= 0.3 is 0 Å². The number of hydrogen-bond acceptors (Lipinski definition) is 4. The normalized spacial score (nSPS) is 15.2. The smallest absolute Gasteiger partial charge is 0.274 e. The van der Waals surface area contributed by atoms with Gasteiger partial charge in [0, 0.05) is 17.9 Å². The molecule has 0 atom stereocenters. The van der Waals surface area contributed by atoms with E-state index in [0.717, 1.165) is 5.69 Å². The van der Waals surface area contributed by atoms with Gasteiger partial charge < -0.3 is 15.4 Å². The minimum absolute atomic E-state index is 0.242. The summed E-state index contributed by atoms with van der Waals surface area (Å²) in [4.78, 5) is 16.7. The van der Waals surface area contributed by atoms with Crippen LogP contribution in [0.3, 0.4) is 0 Å². The molecule has 1 amide bonds. The molecule has 1 fully saturated rings. The number of carbonyl (C=O) groups is 1. The SMILES string of the molecule is COc1ccccc1NC(=O)c1cc(NC2CCCCCC2)ccn1. The highest BCUT2D eigenvalue weighted by atomic mass is 16.5. The molecule has 5 nitrogen and oxygen atoms in total. The van der Waals surface area contributed by atoms with Gasteiger partial charge in [-0.15, -0.1) is 0 Å². The van der Waals surface area contributed by atoms with Crippen LogP contribution in [0.25, 0.3) is 0 Å². The molecule has 3 rings (SSSR count). The maximum atomic E-state index is 12.5. The van der Waals surface area contributed by atoms with Crippen LogP contribution in [0.2, 0.25) is 0 Å². The maximum absolute atomic E-state index is 12.5. The Hall–Kier alpha value is -2.56. The van der Waals surface area contributed by atoms with Gasteiger partial charge in [-0.1, -0.05) is 37.8 Å². The van der Waals surface area contributed by atoms with E-state index in [9.17, 15) is 4.79 Å². The van der Waals surface area contributed by atoms with Gasteiger partial charge in [-0.2, -0.15) is 0 Å². The summed E-state index contributed by atoms with van der Waals surface area (Å²) in [6.07, 6.45) is 9.22. The molecule has 1 saturated carbocycles. The number of ether oxygens (including phenoxy) is 1. The lowest BCUT2D eigenvalue weighted by molar-refractivity contribution is 0.102. The molecular weight excluding hydrogens is 314 g/mol. The number of aromatic nitrogens is 1.